The number of aromatic amines is 1. The summed E-state index contributed by atoms with van der Waals surface area (Å²) in [5.41, 5.74) is 2.26. The Balaban J connectivity index is 1.83. The molecule has 0 fully saturated rings. The summed E-state index contributed by atoms with van der Waals surface area (Å²) in [4.78, 5) is 11.6. The van der Waals surface area contributed by atoms with Gasteiger partial charge < -0.3 is 9.72 Å². The second kappa shape index (κ2) is 6.36. The molecule has 0 radical (unpaired) electrons. The number of halogens is 1. The summed E-state index contributed by atoms with van der Waals surface area (Å²) in [6, 6.07) is 1.71. The van der Waals surface area contributed by atoms with Gasteiger partial charge in [-0.3, -0.25) is 9.19 Å². The summed E-state index contributed by atoms with van der Waals surface area (Å²) in [5.74, 6) is 0.742. The Labute approximate surface area is 139 Å². The highest BCUT2D eigenvalue weighted by molar-refractivity contribution is 7.84. The summed E-state index contributed by atoms with van der Waals surface area (Å²) in [6.45, 7) is 3.84. The Bertz CT molecular complexity index is 800. The van der Waals surface area contributed by atoms with Crippen molar-refractivity contribution in [3.05, 3.63) is 33.7 Å². The lowest BCUT2D eigenvalue weighted by atomic mass is 10.3. The van der Waals surface area contributed by atoms with E-state index < -0.39 is 10.8 Å². The highest BCUT2D eigenvalue weighted by Gasteiger charge is 2.16. The second-order valence-corrected chi connectivity index (χ2v) is 7.43. The van der Waals surface area contributed by atoms with E-state index >= 15 is 0 Å². The molecule has 1 atom stereocenters. The Morgan fingerprint density at radius 2 is 2.27 bits per heavy atom. The van der Waals surface area contributed by atoms with Crippen LogP contribution in [0.3, 0.4) is 0 Å². The molecule has 0 bridgehead atoms. The number of nitrogens with one attached hydrogen (secondary N) is 1. The first-order valence-electron chi connectivity index (χ1n) is 6.65. The van der Waals surface area contributed by atoms with Crippen LogP contribution in [-0.4, -0.2) is 25.3 Å². The Kier molecular flexibility index (Phi) is 4.46. The van der Waals surface area contributed by atoms with Crippen molar-refractivity contribution in [2.75, 3.05) is 0 Å². The van der Waals surface area contributed by atoms with E-state index in [2.05, 4.69) is 15.0 Å². The van der Waals surface area contributed by atoms with Crippen LogP contribution in [0.25, 0.3) is 11.0 Å². The molecule has 8 heteroatoms. The molecule has 0 saturated carbocycles. The number of hydrogen-bond acceptors (Lipinski definition) is 5. The summed E-state index contributed by atoms with van der Waals surface area (Å²) >= 11 is 7.84. The van der Waals surface area contributed by atoms with Crippen molar-refractivity contribution < 1.29 is 8.95 Å². The maximum absolute atomic E-state index is 12.4. The molecule has 0 spiro atoms. The van der Waals surface area contributed by atoms with Gasteiger partial charge in [0.2, 0.25) is 0 Å². The first-order chi connectivity index (χ1) is 10.5. The molecule has 0 aromatic carbocycles. The molecule has 0 aliphatic carbocycles. The molecule has 22 heavy (non-hydrogen) atoms. The van der Waals surface area contributed by atoms with Crippen molar-refractivity contribution in [2.45, 2.75) is 30.9 Å². The lowest BCUT2D eigenvalue weighted by Gasteiger charge is -2.12. The highest BCUT2D eigenvalue weighted by Crippen LogP contribution is 2.29. The molecule has 0 amide bonds. The van der Waals surface area contributed by atoms with Gasteiger partial charge in [0.15, 0.2) is 5.16 Å². The van der Waals surface area contributed by atoms with Crippen molar-refractivity contribution in [3.8, 4) is 5.75 Å². The molecule has 3 rings (SSSR count). The minimum atomic E-state index is -1.34. The monoisotopic (exact) mass is 355 g/mol. The number of fused-ring (bicyclic) bond motifs is 1. The molecule has 3 aromatic rings. The van der Waals surface area contributed by atoms with Crippen LogP contribution in [0, 0.1) is 0 Å². The van der Waals surface area contributed by atoms with Gasteiger partial charge in [0.25, 0.3) is 0 Å². The van der Waals surface area contributed by atoms with Crippen LogP contribution in [0.1, 0.15) is 19.5 Å². The maximum atomic E-state index is 12.4. The molecule has 1 unspecified atom stereocenters. The van der Waals surface area contributed by atoms with Crippen LogP contribution < -0.4 is 4.74 Å². The third-order valence-electron chi connectivity index (χ3n) is 2.88. The van der Waals surface area contributed by atoms with Gasteiger partial charge in [-0.2, -0.15) is 0 Å². The molecule has 0 aliphatic heterocycles. The van der Waals surface area contributed by atoms with Gasteiger partial charge in [-0.15, -0.1) is 11.3 Å². The van der Waals surface area contributed by atoms with Crippen molar-refractivity contribution in [1.82, 2.24) is 15.0 Å². The molecule has 3 aromatic heterocycles. The average molecular weight is 356 g/mol. The van der Waals surface area contributed by atoms with Crippen LogP contribution in [0.5, 0.6) is 5.75 Å². The van der Waals surface area contributed by atoms with E-state index in [-0.39, 0.29) is 11.9 Å². The molecule has 0 saturated heterocycles. The van der Waals surface area contributed by atoms with Gasteiger partial charge >= 0.3 is 0 Å². The van der Waals surface area contributed by atoms with Gasteiger partial charge in [0.05, 0.1) is 33.9 Å². The zero-order valence-electron chi connectivity index (χ0n) is 12.0. The van der Waals surface area contributed by atoms with Gasteiger partial charge in [-0.05, 0) is 13.8 Å². The number of thiophene rings is 1. The molecular formula is C14H14ClN3O2S2. The van der Waals surface area contributed by atoms with Gasteiger partial charge in [0, 0.05) is 23.0 Å². The number of hydrogen-bond donors (Lipinski definition) is 1. The Morgan fingerprint density at radius 3 is 3.00 bits per heavy atom. The van der Waals surface area contributed by atoms with Crippen LogP contribution in [-0.2, 0) is 16.6 Å². The third kappa shape index (κ3) is 3.16. The topological polar surface area (TPSA) is 67.9 Å². The smallest absolute Gasteiger partial charge is 0.197 e. The van der Waals surface area contributed by atoms with E-state index in [1.54, 1.807) is 23.6 Å². The van der Waals surface area contributed by atoms with Crippen molar-refractivity contribution in [2.24, 2.45) is 0 Å². The minimum absolute atomic E-state index is 0.00914. The van der Waals surface area contributed by atoms with Gasteiger partial charge in [-0.1, -0.05) is 11.6 Å². The van der Waals surface area contributed by atoms with E-state index in [9.17, 15) is 4.21 Å². The van der Waals surface area contributed by atoms with E-state index in [4.69, 9.17) is 16.3 Å². The quantitative estimate of drug-likeness (QED) is 0.756. The summed E-state index contributed by atoms with van der Waals surface area (Å²) < 4.78 is 18.1. The lowest BCUT2D eigenvalue weighted by molar-refractivity contribution is 0.242. The third-order valence-corrected chi connectivity index (χ3v) is 5.17. The average Bonchev–Trinajstić information content (AvgIpc) is 3.03. The molecule has 3 heterocycles. The summed E-state index contributed by atoms with van der Waals surface area (Å²) in [7, 11) is -1.34. The Hall–Kier alpha value is -1.44. The fourth-order valence-corrected chi connectivity index (χ4v) is 3.96. The summed E-state index contributed by atoms with van der Waals surface area (Å²) in [6.07, 6.45) is 1.62. The molecular weight excluding hydrogens is 342 g/mol. The van der Waals surface area contributed by atoms with E-state index in [0.717, 1.165) is 11.0 Å². The molecule has 5 nitrogen and oxygen atoms in total. The fraction of sp³-hybridized carbons (Fsp3) is 0.286. The number of pyridine rings is 1. The number of nitrogens with zero attached hydrogens (tertiary/aromatic N) is 2. The summed E-state index contributed by atoms with van der Waals surface area (Å²) in [5, 5.41) is 4.68. The second-order valence-electron chi connectivity index (χ2n) is 4.94. The zero-order valence-corrected chi connectivity index (χ0v) is 14.4. The predicted octanol–water partition coefficient (Wildman–Crippen LogP) is 3.77. The molecule has 116 valence electrons. The number of imidazole rings is 1. The van der Waals surface area contributed by atoms with Crippen LogP contribution in [0.4, 0.5) is 0 Å². The van der Waals surface area contributed by atoms with Crippen molar-refractivity contribution >= 4 is 44.8 Å². The number of rotatable bonds is 5. The van der Waals surface area contributed by atoms with Gasteiger partial charge in [-0.25, -0.2) is 4.98 Å². The maximum Gasteiger partial charge on any atom is 0.197 e. The number of aromatic nitrogens is 3. The fourth-order valence-electron chi connectivity index (χ4n) is 1.94. The lowest BCUT2D eigenvalue weighted by Crippen LogP contribution is -2.08. The van der Waals surface area contributed by atoms with E-state index in [1.807, 2.05) is 24.6 Å². The van der Waals surface area contributed by atoms with E-state index in [1.165, 1.54) is 0 Å². The van der Waals surface area contributed by atoms with E-state index in [0.29, 0.717) is 21.6 Å². The van der Waals surface area contributed by atoms with Crippen molar-refractivity contribution in [1.29, 1.82) is 0 Å². The molecule has 1 N–H and O–H groups in total. The predicted molar refractivity (Wildman–Crippen MR) is 89.1 cm³/mol. The Morgan fingerprint density at radius 1 is 1.45 bits per heavy atom. The normalized spacial score (nSPS) is 12.9. The first kappa shape index (κ1) is 15.5. The highest BCUT2D eigenvalue weighted by atomic mass is 35.5. The van der Waals surface area contributed by atoms with Gasteiger partial charge in [0.1, 0.15) is 16.3 Å². The van der Waals surface area contributed by atoms with Crippen molar-refractivity contribution in [3.63, 3.8) is 0 Å². The SMILES string of the molecule is CC(C)Oc1ccnc(CS(=O)c2nc3cscc3[nH]2)c1Cl. The standard InChI is InChI=1S/C14H14ClN3O2S2/c1-8(2)20-12-3-4-16-11(13(12)15)7-22(19)14-17-9-5-21-6-10(9)18-14/h3-6,8H,7H2,1-2H3,(H,17,18). The number of H-pyrrole nitrogens is 1. The van der Waals surface area contributed by atoms with Crippen LogP contribution >= 0.6 is 22.9 Å². The van der Waals surface area contributed by atoms with Crippen LogP contribution in [0.2, 0.25) is 5.02 Å². The van der Waals surface area contributed by atoms with Crippen LogP contribution in [0.15, 0.2) is 28.2 Å². The number of ether oxygens (including phenoxy) is 1. The first-order valence-corrected chi connectivity index (χ1v) is 9.29. The minimum Gasteiger partial charge on any atom is -0.489 e. The largest absolute Gasteiger partial charge is 0.489 e. The molecule has 0 aliphatic rings. The zero-order chi connectivity index (χ0) is 15.7.